The Labute approximate surface area is 216 Å². The average molecular weight is 527 g/mol. The molecule has 0 radical (unpaired) electrons. The number of morpholine rings is 1. The lowest BCUT2D eigenvalue weighted by Crippen LogP contribution is -2.41. The van der Waals surface area contributed by atoms with Crippen molar-refractivity contribution in [3.05, 3.63) is 65.4 Å². The molecule has 37 heavy (non-hydrogen) atoms. The molecular formula is C27H28F2N4O3S. The Morgan fingerprint density at radius 3 is 2.57 bits per heavy atom. The molecule has 2 aromatic carbocycles. The summed E-state index contributed by atoms with van der Waals surface area (Å²) in [6.07, 6.45) is 0.440. The zero-order valence-electron chi connectivity index (χ0n) is 20.4. The first-order chi connectivity index (χ1) is 17.9. The maximum Gasteiger partial charge on any atom is 0.274 e. The Morgan fingerprint density at radius 2 is 1.81 bits per heavy atom. The van der Waals surface area contributed by atoms with Gasteiger partial charge in [0.2, 0.25) is 0 Å². The van der Waals surface area contributed by atoms with Gasteiger partial charge in [0.15, 0.2) is 5.69 Å². The number of halogens is 2. The van der Waals surface area contributed by atoms with Crippen LogP contribution in [0, 0.1) is 0 Å². The van der Waals surface area contributed by atoms with E-state index in [0.29, 0.717) is 57.1 Å². The number of amides is 1. The summed E-state index contributed by atoms with van der Waals surface area (Å²) < 4.78 is 47.9. The van der Waals surface area contributed by atoms with Crippen molar-refractivity contribution in [1.82, 2.24) is 19.6 Å². The summed E-state index contributed by atoms with van der Waals surface area (Å²) in [4.78, 5) is 17.7. The molecule has 6 rings (SSSR count). The third kappa shape index (κ3) is 4.73. The highest BCUT2D eigenvalue weighted by molar-refractivity contribution is 7.84. The summed E-state index contributed by atoms with van der Waals surface area (Å²) in [5, 5.41) is 4.78. The second kappa shape index (κ2) is 9.74. The first kappa shape index (κ1) is 24.4. The lowest BCUT2D eigenvalue weighted by Gasteiger charge is -2.32. The summed E-state index contributed by atoms with van der Waals surface area (Å²) >= 11 is 0. The van der Waals surface area contributed by atoms with Gasteiger partial charge >= 0.3 is 0 Å². The largest absolute Gasteiger partial charge is 0.378 e. The number of carbonyl (C=O) groups is 1. The number of hydrogen-bond acceptors (Lipinski definition) is 5. The van der Waals surface area contributed by atoms with Crippen molar-refractivity contribution in [2.24, 2.45) is 0 Å². The third-order valence-corrected chi connectivity index (χ3v) is 8.60. The quantitative estimate of drug-likeness (QED) is 0.517. The molecule has 0 N–H and O–H groups in total. The summed E-state index contributed by atoms with van der Waals surface area (Å²) in [5.74, 6) is -2.60. The second-order valence-electron chi connectivity index (χ2n) is 9.81. The van der Waals surface area contributed by atoms with E-state index in [0.717, 1.165) is 27.4 Å². The molecule has 0 spiro atoms. The van der Waals surface area contributed by atoms with Crippen LogP contribution in [0.1, 0.15) is 34.5 Å². The van der Waals surface area contributed by atoms with Crippen LogP contribution in [0.15, 0.2) is 53.4 Å². The Balaban J connectivity index is 1.37. The Morgan fingerprint density at radius 1 is 1.05 bits per heavy atom. The molecule has 4 heterocycles. The molecule has 0 aliphatic carbocycles. The molecule has 3 aromatic rings. The number of likely N-dealkylation sites (tertiary alicyclic amines) is 1. The highest BCUT2D eigenvalue weighted by Gasteiger charge is 2.36. The van der Waals surface area contributed by atoms with Gasteiger partial charge in [-0.05, 0) is 36.7 Å². The van der Waals surface area contributed by atoms with Crippen molar-refractivity contribution in [3.8, 4) is 16.9 Å². The number of ether oxygens (including phenoxy) is 1. The van der Waals surface area contributed by atoms with E-state index in [-0.39, 0.29) is 24.6 Å². The first-order valence-electron chi connectivity index (χ1n) is 12.6. The SMILES string of the molecule is O=C(c1nn(-c2ccc(CN3CCCC(F)(F)C3)cc2)c2c1CS(=O)c1ccccc1-2)N1CCOCC1. The molecule has 2 saturated heterocycles. The fourth-order valence-electron chi connectivity index (χ4n) is 5.39. The van der Waals surface area contributed by atoms with Crippen LogP contribution in [-0.4, -0.2) is 75.0 Å². The molecule has 2 fully saturated rings. The molecule has 3 aliphatic heterocycles. The topological polar surface area (TPSA) is 67.7 Å². The summed E-state index contributed by atoms with van der Waals surface area (Å²) in [6, 6.07) is 15.2. The molecule has 1 aromatic heterocycles. The van der Waals surface area contributed by atoms with Crippen molar-refractivity contribution in [3.63, 3.8) is 0 Å². The minimum atomic E-state index is -2.64. The Bertz CT molecular complexity index is 1350. The van der Waals surface area contributed by atoms with Gasteiger partial charge in [-0.3, -0.25) is 13.9 Å². The van der Waals surface area contributed by atoms with Crippen LogP contribution in [0.4, 0.5) is 8.78 Å². The lowest BCUT2D eigenvalue weighted by molar-refractivity contribution is -0.0661. The molecular weight excluding hydrogens is 498 g/mol. The van der Waals surface area contributed by atoms with E-state index in [2.05, 4.69) is 0 Å². The van der Waals surface area contributed by atoms with Gasteiger partial charge in [0.05, 0.1) is 47.7 Å². The standard InChI is InChI=1S/C27H28F2N4O3S/c28-27(29)10-3-11-31(18-27)16-19-6-8-20(9-7-19)33-25-21-4-1-2-5-23(21)37(35)17-22(25)24(30-33)26(34)32-12-14-36-15-13-32/h1-2,4-9H,3,10-18H2. The van der Waals surface area contributed by atoms with E-state index in [1.54, 1.807) is 14.5 Å². The molecule has 10 heteroatoms. The van der Waals surface area contributed by atoms with Gasteiger partial charge < -0.3 is 9.64 Å². The van der Waals surface area contributed by atoms with E-state index in [9.17, 15) is 17.8 Å². The van der Waals surface area contributed by atoms with Gasteiger partial charge in [-0.25, -0.2) is 13.5 Å². The van der Waals surface area contributed by atoms with Gasteiger partial charge in [-0.1, -0.05) is 30.3 Å². The van der Waals surface area contributed by atoms with E-state index >= 15 is 0 Å². The zero-order valence-corrected chi connectivity index (χ0v) is 21.2. The average Bonchev–Trinajstić information content (AvgIpc) is 3.28. The van der Waals surface area contributed by atoms with Crippen molar-refractivity contribution in [2.45, 2.75) is 36.0 Å². The molecule has 0 bridgehead atoms. The molecule has 0 saturated carbocycles. The van der Waals surface area contributed by atoms with E-state index in [4.69, 9.17) is 9.84 Å². The smallest absolute Gasteiger partial charge is 0.274 e. The van der Waals surface area contributed by atoms with Gasteiger partial charge in [0, 0.05) is 42.1 Å². The fourth-order valence-corrected chi connectivity index (χ4v) is 6.72. The second-order valence-corrected chi connectivity index (χ2v) is 11.2. The number of rotatable bonds is 4. The Hall–Kier alpha value is -2.95. The van der Waals surface area contributed by atoms with Gasteiger partial charge in [0.25, 0.3) is 11.8 Å². The van der Waals surface area contributed by atoms with Gasteiger partial charge in [-0.15, -0.1) is 0 Å². The molecule has 1 unspecified atom stereocenters. The Kier molecular flexibility index (Phi) is 6.42. The molecule has 1 amide bonds. The predicted octanol–water partition coefficient (Wildman–Crippen LogP) is 3.86. The fraction of sp³-hybridized carbons (Fsp3) is 0.407. The molecule has 7 nitrogen and oxygen atoms in total. The third-order valence-electron chi connectivity index (χ3n) is 7.21. The number of fused-ring (bicyclic) bond motifs is 3. The van der Waals surface area contributed by atoms with Gasteiger partial charge in [0.1, 0.15) is 0 Å². The lowest BCUT2D eigenvalue weighted by atomic mass is 10.0. The highest BCUT2D eigenvalue weighted by Crippen LogP contribution is 2.39. The maximum atomic E-state index is 13.8. The van der Waals surface area contributed by atoms with Crippen LogP contribution in [0.2, 0.25) is 0 Å². The highest BCUT2D eigenvalue weighted by atomic mass is 32.2. The van der Waals surface area contributed by atoms with E-state index in [1.165, 1.54) is 0 Å². The molecule has 3 aliphatic rings. The minimum absolute atomic E-state index is 0.0510. The van der Waals surface area contributed by atoms with Crippen LogP contribution in [0.5, 0.6) is 0 Å². The van der Waals surface area contributed by atoms with Crippen molar-refractivity contribution in [1.29, 1.82) is 0 Å². The maximum absolute atomic E-state index is 13.8. The predicted molar refractivity (Wildman–Crippen MR) is 135 cm³/mol. The van der Waals surface area contributed by atoms with Crippen LogP contribution in [0.25, 0.3) is 16.9 Å². The van der Waals surface area contributed by atoms with Crippen molar-refractivity contribution in [2.75, 3.05) is 39.4 Å². The summed E-state index contributed by atoms with van der Waals surface area (Å²) in [5.41, 5.74) is 4.28. The molecule has 194 valence electrons. The number of piperidine rings is 1. The first-order valence-corrected chi connectivity index (χ1v) is 13.9. The van der Waals surface area contributed by atoms with Crippen molar-refractivity contribution >= 4 is 16.7 Å². The number of nitrogens with zero attached hydrogens (tertiary/aromatic N) is 4. The van der Waals surface area contributed by atoms with Gasteiger partial charge in [-0.2, -0.15) is 5.10 Å². The summed E-state index contributed by atoms with van der Waals surface area (Å²) in [6.45, 7) is 2.83. The number of carbonyl (C=O) groups excluding carboxylic acids is 1. The monoisotopic (exact) mass is 526 g/mol. The number of hydrogen-bond donors (Lipinski definition) is 0. The number of alkyl halides is 2. The van der Waals surface area contributed by atoms with Crippen LogP contribution in [0.3, 0.4) is 0 Å². The van der Waals surface area contributed by atoms with Crippen LogP contribution in [-0.2, 0) is 27.8 Å². The van der Waals surface area contributed by atoms with Crippen molar-refractivity contribution < 1.29 is 22.5 Å². The molecule has 1 atom stereocenters. The summed E-state index contributed by atoms with van der Waals surface area (Å²) in [7, 11) is -1.28. The number of benzene rings is 2. The normalized spacial score (nSPS) is 21.4. The zero-order chi connectivity index (χ0) is 25.6. The minimum Gasteiger partial charge on any atom is -0.378 e. The van der Waals surface area contributed by atoms with Crippen LogP contribution < -0.4 is 0 Å². The van der Waals surface area contributed by atoms with Crippen LogP contribution >= 0.6 is 0 Å². The van der Waals surface area contributed by atoms with E-state index < -0.39 is 16.7 Å². The number of aromatic nitrogens is 2. The van der Waals surface area contributed by atoms with E-state index in [1.807, 2.05) is 48.5 Å².